The molecular formula is CH5Cl3OSi. The van der Waals surface area contributed by atoms with E-state index in [-0.39, 0.29) is 0 Å². The van der Waals surface area contributed by atoms with Gasteiger partial charge in [0, 0.05) is 7.11 Å². The van der Waals surface area contributed by atoms with Crippen molar-refractivity contribution < 1.29 is 5.11 Å². The molecular weight excluding hydrogens is 162 g/mol. The van der Waals surface area contributed by atoms with Gasteiger partial charge in [0.25, 0.3) is 0 Å². The van der Waals surface area contributed by atoms with Gasteiger partial charge in [0.15, 0.2) is 0 Å². The number of halogens is 3. The zero-order chi connectivity index (χ0) is 5.58. The van der Waals surface area contributed by atoms with Crippen molar-refractivity contribution in [3.63, 3.8) is 0 Å². The van der Waals surface area contributed by atoms with Crippen LogP contribution in [0.2, 0.25) is 0 Å². The van der Waals surface area contributed by atoms with Gasteiger partial charge >= 0.3 is 6.73 Å². The van der Waals surface area contributed by atoms with Crippen molar-refractivity contribution in [2.45, 2.75) is 0 Å². The van der Waals surface area contributed by atoms with E-state index in [4.69, 9.17) is 38.3 Å². The molecule has 0 aromatic rings. The molecule has 0 rings (SSSR count). The third kappa shape index (κ3) is 75.4. The lowest BCUT2D eigenvalue weighted by atomic mass is 11.8. The maximum atomic E-state index is 7.00. The number of aliphatic hydroxyl groups is 1. The maximum Gasteiger partial charge on any atom is 0.326 e. The van der Waals surface area contributed by atoms with Crippen LogP contribution in [0.1, 0.15) is 0 Å². The molecule has 1 nitrogen and oxygen atoms in total. The molecule has 0 aliphatic heterocycles. The summed E-state index contributed by atoms with van der Waals surface area (Å²) in [6, 6.07) is 0. The Balaban J connectivity index is 0. The van der Waals surface area contributed by atoms with Gasteiger partial charge in [-0.1, -0.05) is 0 Å². The maximum absolute atomic E-state index is 7.00. The van der Waals surface area contributed by atoms with Crippen LogP contribution in [0.5, 0.6) is 0 Å². The first kappa shape index (κ1) is 10.1. The molecule has 0 fully saturated rings. The van der Waals surface area contributed by atoms with Crippen molar-refractivity contribution >= 4 is 40.0 Å². The third-order valence-electron chi connectivity index (χ3n) is 0. The Morgan fingerprint density at radius 2 is 1.17 bits per heavy atom. The molecule has 0 heterocycles. The topological polar surface area (TPSA) is 20.2 Å². The molecule has 0 spiro atoms. The van der Waals surface area contributed by atoms with Crippen molar-refractivity contribution in [2.75, 3.05) is 7.11 Å². The molecule has 0 unspecified atom stereocenters. The second-order valence-corrected chi connectivity index (χ2v) is 6.68. The summed E-state index contributed by atoms with van der Waals surface area (Å²) in [4.78, 5) is 0. The second-order valence-electron chi connectivity index (χ2n) is 0.247. The van der Waals surface area contributed by atoms with E-state index in [1.165, 1.54) is 0 Å². The Morgan fingerprint density at radius 1 is 1.17 bits per heavy atom. The minimum atomic E-state index is -1.72. The van der Waals surface area contributed by atoms with E-state index in [0.29, 0.717) is 0 Å². The second kappa shape index (κ2) is 9.40. The van der Waals surface area contributed by atoms with Gasteiger partial charge in [-0.2, -0.15) is 0 Å². The van der Waals surface area contributed by atoms with Gasteiger partial charge in [0.2, 0.25) is 0 Å². The highest BCUT2D eigenvalue weighted by atomic mass is 35.8. The molecule has 0 atom stereocenters. The SMILES string of the molecule is CO.Cl[SiH](Cl)Cl. The summed E-state index contributed by atoms with van der Waals surface area (Å²) in [6.45, 7) is -1.72. The molecule has 1 N–H and O–H groups in total. The fourth-order valence-electron chi connectivity index (χ4n) is 0. The highest BCUT2D eigenvalue weighted by Crippen LogP contribution is 1.97. The van der Waals surface area contributed by atoms with Gasteiger partial charge in [0.05, 0.1) is 0 Å². The molecule has 0 radical (unpaired) electrons. The third-order valence-corrected chi connectivity index (χ3v) is 0. The van der Waals surface area contributed by atoms with Crippen LogP contribution in [0.4, 0.5) is 0 Å². The molecule has 0 bridgehead atoms. The molecule has 0 aromatic heterocycles. The van der Waals surface area contributed by atoms with Crippen LogP contribution in [0.3, 0.4) is 0 Å². The Labute approximate surface area is 52.5 Å². The van der Waals surface area contributed by atoms with Crippen LogP contribution in [0, 0.1) is 0 Å². The molecule has 0 aromatic carbocycles. The van der Waals surface area contributed by atoms with E-state index in [1.54, 1.807) is 0 Å². The smallest absolute Gasteiger partial charge is 0.326 e. The summed E-state index contributed by atoms with van der Waals surface area (Å²) in [5.41, 5.74) is 0. The van der Waals surface area contributed by atoms with Gasteiger partial charge in [-0.25, -0.2) is 0 Å². The Kier molecular flexibility index (Phi) is 15.9. The molecule has 0 saturated heterocycles. The van der Waals surface area contributed by atoms with Crippen LogP contribution in [0.25, 0.3) is 0 Å². The summed E-state index contributed by atoms with van der Waals surface area (Å²) in [5.74, 6) is 0. The van der Waals surface area contributed by atoms with Gasteiger partial charge in [-0.05, 0) is 0 Å². The van der Waals surface area contributed by atoms with Gasteiger partial charge in [-0.3, -0.25) is 0 Å². The van der Waals surface area contributed by atoms with E-state index in [1.807, 2.05) is 0 Å². The minimum absolute atomic E-state index is 1.00. The average molecular weight is 167 g/mol. The standard InChI is InChI=1S/CH4O.Cl3HSi/c1-2;1-4(2)3/h2H,1H3;4H. The van der Waals surface area contributed by atoms with Crippen molar-refractivity contribution in [3.8, 4) is 0 Å². The number of rotatable bonds is 0. The van der Waals surface area contributed by atoms with Gasteiger partial charge in [0.1, 0.15) is 0 Å². The van der Waals surface area contributed by atoms with E-state index in [9.17, 15) is 0 Å². The van der Waals surface area contributed by atoms with Crippen LogP contribution >= 0.6 is 33.2 Å². The van der Waals surface area contributed by atoms with Crippen LogP contribution in [0.15, 0.2) is 0 Å². The fraction of sp³-hybridized carbons (Fsp3) is 1.00. The molecule has 6 heavy (non-hydrogen) atoms. The van der Waals surface area contributed by atoms with Gasteiger partial charge in [-0.15, -0.1) is 33.2 Å². The zero-order valence-corrected chi connectivity index (χ0v) is 6.58. The van der Waals surface area contributed by atoms with Crippen molar-refractivity contribution in [2.24, 2.45) is 0 Å². The lowest BCUT2D eigenvalue weighted by Gasteiger charge is -1.65. The molecule has 0 aliphatic carbocycles. The molecule has 0 aliphatic rings. The highest BCUT2D eigenvalue weighted by Gasteiger charge is 1.85. The van der Waals surface area contributed by atoms with Gasteiger partial charge < -0.3 is 5.11 Å². The highest BCUT2D eigenvalue weighted by molar-refractivity contribution is 7.54. The quantitative estimate of drug-likeness (QED) is 0.422. The number of hydrogen-bond donors (Lipinski definition) is 1. The molecule has 0 amide bonds. The molecule has 5 heteroatoms. The molecule has 40 valence electrons. The predicted molar refractivity (Wildman–Crippen MR) is 32.9 cm³/mol. The predicted octanol–water partition coefficient (Wildman–Crippen LogP) is 1.03. The summed E-state index contributed by atoms with van der Waals surface area (Å²) >= 11 is 14.8. The Bertz CT molecular complexity index is 15.5. The zero-order valence-electron chi connectivity index (χ0n) is 3.16. The minimum Gasteiger partial charge on any atom is -0.400 e. The van der Waals surface area contributed by atoms with Crippen molar-refractivity contribution in [1.82, 2.24) is 0 Å². The van der Waals surface area contributed by atoms with Crippen molar-refractivity contribution in [1.29, 1.82) is 0 Å². The first-order chi connectivity index (χ1) is 2.73. The monoisotopic (exact) mass is 166 g/mol. The average Bonchev–Trinajstić information content (AvgIpc) is 1.41. The number of hydrogen-bond acceptors (Lipinski definition) is 1. The summed E-state index contributed by atoms with van der Waals surface area (Å²) in [6.07, 6.45) is 0. The number of aliphatic hydroxyl groups excluding tert-OH is 1. The lowest BCUT2D eigenvalue weighted by molar-refractivity contribution is 0.399. The summed E-state index contributed by atoms with van der Waals surface area (Å²) in [5, 5.41) is 7.00. The van der Waals surface area contributed by atoms with Crippen molar-refractivity contribution in [3.05, 3.63) is 0 Å². The van der Waals surface area contributed by atoms with E-state index < -0.39 is 6.73 Å². The van der Waals surface area contributed by atoms with E-state index >= 15 is 0 Å². The first-order valence-electron chi connectivity index (χ1n) is 1.10. The Morgan fingerprint density at radius 3 is 1.17 bits per heavy atom. The lowest BCUT2D eigenvalue weighted by Crippen LogP contribution is -1.66. The van der Waals surface area contributed by atoms with E-state index in [0.717, 1.165) is 7.11 Å². The summed E-state index contributed by atoms with van der Waals surface area (Å²) < 4.78 is 0. The van der Waals surface area contributed by atoms with E-state index in [2.05, 4.69) is 0 Å². The fourth-order valence-corrected chi connectivity index (χ4v) is 0. The first-order valence-corrected chi connectivity index (χ1v) is 6.34. The van der Waals surface area contributed by atoms with Crippen LogP contribution < -0.4 is 0 Å². The normalized spacial score (nSPS) is 7.00. The summed E-state index contributed by atoms with van der Waals surface area (Å²) in [7, 11) is 1.00. The Hall–Kier alpha value is 1.05. The molecule has 0 saturated carbocycles. The van der Waals surface area contributed by atoms with Crippen LogP contribution in [-0.4, -0.2) is 18.9 Å². The van der Waals surface area contributed by atoms with Crippen LogP contribution in [-0.2, 0) is 0 Å². The largest absolute Gasteiger partial charge is 0.400 e.